The Balaban J connectivity index is 1.43. The van der Waals surface area contributed by atoms with Crippen LogP contribution in [0.1, 0.15) is 28.8 Å². The van der Waals surface area contributed by atoms with Gasteiger partial charge < -0.3 is 4.74 Å². The van der Waals surface area contributed by atoms with Crippen molar-refractivity contribution in [3.63, 3.8) is 0 Å². The highest BCUT2D eigenvalue weighted by Crippen LogP contribution is 2.37. The highest BCUT2D eigenvalue weighted by molar-refractivity contribution is 9.10. The molecule has 1 aliphatic heterocycles. The number of imide groups is 1. The minimum Gasteiger partial charge on any atom is -0.457 e. The number of halogens is 1. The molecule has 2 aromatic carbocycles. The lowest BCUT2D eigenvalue weighted by Crippen LogP contribution is -2.30. The van der Waals surface area contributed by atoms with Gasteiger partial charge in [-0.15, -0.1) is 0 Å². The molecule has 1 saturated heterocycles. The Morgan fingerprint density at radius 1 is 0.929 bits per heavy atom. The Bertz CT molecular complexity index is 924. The molecule has 1 aliphatic carbocycles. The number of allylic oxidation sites excluding steroid dienone is 2. The van der Waals surface area contributed by atoms with Crippen molar-refractivity contribution in [2.75, 3.05) is 4.90 Å². The Labute approximate surface area is 171 Å². The maximum Gasteiger partial charge on any atom is 0.338 e. The summed E-state index contributed by atoms with van der Waals surface area (Å²) in [6.07, 6.45) is 5.12. The number of benzene rings is 2. The van der Waals surface area contributed by atoms with Crippen LogP contribution >= 0.6 is 15.9 Å². The summed E-state index contributed by atoms with van der Waals surface area (Å²) < 4.78 is 6.29. The Morgan fingerprint density at radius 2 is 1.50 bits per heavy atom. The summed E-state index contributed by atoms with van der Waals surface area (Å²) in [6.45, 7) is 0.174. The van der Waals surface area contributed by atoms with Crippen LogP contribution in [0.5, 0.6) is 0 Å². The number of nitrogens with zero attached hydrogens (tertiary/aromatic N) is 1. The molecule has 2 aromatic rings. The van der Waals surface area contributed by atoms with Crippen molar-refractivity contribution in [2.24, 2.45) is 11.8 Å². The fourth-order valence-corrected chi connectivity index (χ4v) is 3.88. The van der Waals surface area contributed by atoms with Crippen molar-refractivity contribution < 1.29 is 19.1 Å². The lowest BCUT2D eigenvalue weighted by Gasteiger charge is -2.15. The molecule has 1 fully saturated rings. The number of hydrogen-bond donors (Lipinski definition) is 0. The maximum absolute atomic E-state index is 12.6. The van der Waals surface area contributed by atoms with Gasteiger partial charge >= 0.3 is 5.97 Å². The molecular weight excluding hydrogens is 422 g/mol. The zero-order valence-electron chi connectivity index (χ0n) is 15.0. The second kappa shape index (κ2) is 7.72. The number of rotatable bonds is 4. The average molecular weight is 440 g/mol. The molecule has 2 aliphatic rings. The molecule has 0 spiro atoms. The number of carbonyl (C=O) groups is 3. The van der Waals surface area contributed by atoms with E-state index in [0.29, 0.717) is 24.1 Å². The maximum atomic E-state index is 12.6. The Morgan fingerprint density at radius 3 is 2.07 bits per heavy atom. The quantitative estimate of drug-likeness (QED) is 0.405. The molecule has 6 heteroatoms. The first-order valence-corrected chi connectivity index (χ1v) is 9.88. The first-order chi connectivity index (χ1) is 13.5. The monoisotopic (exact) mass is 439 g/mol. The van der Waals surface area contributed by atoms with Crippen LogP contribution in [0, 0.1) is 11.8 Å². The second-order valence-corrected chi connectivity index (χ2v) is 7.83. The van der Waals surface area contributed by atoms with Crippen molar-refractivity contribution in [2.45, 2.75) is 19.4 Å². The Hall–Kier alpha value is -2.73. The normalized spacial score (nSPS) is 21.0. The molecule has 0 saturated carbocycles. The fourth-order valence-electron chi connectivity index (χ4n) is 3.61. The summed E-state index contributed by atoms with van der Waals surface area (Å²) in [5, 5.41) is 0. The van der Waals surface area contributed by atoms with E-state index in [1.165, 1.54) is 4.90 Å². The Kier molecular flexibility index (Phi) is 5.13. The summed E-state index contributed by atoms with van der Waals surface area (Å²) in [6, 6.07) is 13.9. The van der Waals surface area contributed by atoms with Crippen LogP contribution in [-0.2, 0) is 20.9 Å². The summed E-state index contributed by atoms with van der Waals surface area (Å²) >= 11 is 3.36. The van der Waals surface area contributed by atoms with Gasteiger partial charge in [0.05, 0.1) is 23.1 Å². The van der Waals surface area contributed by atoms with Crippen molar-refractivity contribution >= 4 is 39.4 Å². The van der Waals surface area contributed by atoms with E-state index < -0.39 is 5.97 Å². The van der Waals surface area contributed by atoms with Crippen LogP contribution in [0.2, 0.25) is 0 Å². The standard InChI is InChI=1S/C22H18BrNO4/c23-16-9-5-14(6-10-16)13-28-22(27)15-7-11-17(12-8-15)24-20(25)18-3-1-2-4-19(18)21(24)26/h1-2,5-12,18-19H,3-4,13H2/t18-,19-/m1/s1. The number of fused-ring (bicyclic) bond motifs is 1. The SMILES string of the molecule is O=C(OCc1ccc(Br)cc1)c1ccc(N2C(=O)[C@@H]3CC=CC[C@H]3C2=O)cc1. The van der Waals surface area contributed by atoms with E-state index in [2.05, 4.69) is 15.9 Å². The highest BCUT2D eigenvalue weighted by Gasteiger charge is 2.47. The van der Waals surface area contributed by atoms with Crippen molar-refractivity contribution in [3.05, 3.63) is 76.3 Å². The van der Waals surface area contributed by atoms with Crippen molar-refractivity contribution in [3.8, 4) is 0 Å². The molecule has 0 radical (unpaired) electrons. The highest BCUT2D eigenvalue weighted by atomic mass is 79.9. The van der Waals surface area contributed by atoms with Gasteiger partial charge in [0.2, 0.25) is 11.8 Å². The van der Waals surface area contributed by atoms with Gasteiger partial charge in [-0.05, 0) is 54.8 Å². The van der Waals surface area contributed by atoms with Gasteiger partial charge in [-0.25, -0.2) is 4.79 Å². The summed E-state index contributed by atoms with van der Waals surface area (Å²) in [5.74, 6) is -1.32. The molecule has 142 valence electrons. The average Bonchev–Trinajstić information content (AvgIpc) is 2.98. The molecule has 2 amide bonds. The zero-order valence-corrected chi connectivity index (χ0v) is 16.6. The van der Waals surface area contributed by atoms with E-state index in [4.69, 9.17) is 4.74 Å². The smallest absolute Gasteiger partial charge is 0.338 e. The summed E-state index contributed by atoms with van der Waals surface area (Å²) in [4.78, 5) is 38.8. The van der Waals surface area contributed by atoms with E-state index in [1.54, 1.807) is 24.3 Å². The van der Waals surface area contributed by atoms with Crippen LogP contribution in [-0.4, -0.2) is 17.8 Å². The topological polar surface area (TPSA) is 63.7 Å². The van der Waals surface area contributed by atoms with Gasteiger partial charge in [0.25, 0.3) is 0 Å². The van der Waals surface area contributed by atoms with E-state index in [0.717, 1.165) is 10.0 Å². The van der Waals surface area contributed by atoms with Crippen molar-refractivity contribution in [1.29, 1.82) is 0 Å². The van der Waals surface area contributed by atoms with Gasteiger partial charge in [0.15, 0.2) is 0 Å². The summed E-state index contributed by atoms with van der Waals surface area (Å²) in [5.41, 5.74) is 1.76. The number of ether oxygens (including phenoxy) is 1. The lowest BCUT2D eigenvalue weighted by atomic mass is 9.85. The third-order valence-electron chi connectivity index (χ3n) is 5.15. The second-order valence-electron chi connectivity index (χ2n) is 6.92. The van der Waals surface area contributed by atoms with E-state index in [9.17, 15) is 14.4 Å². The van der Waals surface area contributed by atoms with Crippen molar-refractivity contribution in [1.82, 2.24) is 0 Å². The van der Waals surface area contributed by atoms with Crippen LogP contribution in [0.3, 0.4) is 0 Å². The molecule has 0 bridgehead atoms. The minimum atomic E-state index is -0.452. The molecular formula is C22H18BrNO4. The molecule has 0 unspecified atom stereocenters. The molecule has 5 nitrogen and oxygen atoms in total. The van der Waals surface area contributed by atoms with Gasteiger partial charge in [0.1, 0.15) is 6.61 Å². The number of hydrogen-bond acceptors (Lipinski definition) is 4. The molecule has 28 heavy (non-hydrogen) atoms. The lowest BCUT2D eigenvalue weighted by molar-refractivity contribution is -0.122. The first kappa shape index (κ1) is 18.6. The van der Waals surface area contributed by atoms with Crippen LogP contribution in [0.4, 0.5) is 5.69 Å². The minimum absolute atomic E-state index is 0.162. The molecule has 0 N–H and O–H groups in total. The van der Waals surface area contributed by atoms with E-state index >= 15 is 0 Å². The van der Waals surface area contributed by atoms with E-state index in [-0.39, 0.29) is 30.3 Å². The number of amides is 2. The third-order valence-corrected chi connectivity index (χ3v) is 5.68. The third kappa shape index (κ3) is 3.52. The number of anilines is 1. The molecule has 1 heterocycles. The fraction of sp³-hybridized carbons (Fsp3) is 0.227. The molecule has 2 atom stereocenters. The predicted molar refractivity (Wildman–Crippen MR) is 108 cm³/mol. The predicted octanol–water partition coefficient (Wildman–Crippen LogP) is 4.26. The number of esters is 1. The largest absolute Gasteiger partial charge is 0.457 e. The van der Waals surface area contributed by atoms with Gasteiger partial charge in [-0.3, -0.25) is 14.5 Å². The van der Waals surface area contributed by atoms with Crippen LogP contribution < -0.4 is 4.90 Å². The number of carbonyl (C=O) groups excluding carboxylic acids is 3. The van der Waals surface area contributed by atoms with Crippen LogP contribution in [0.15, 0.2) is 65.2 Å². The van der Waals surface area contributed by atoms with Gasteiger partial charge in [-0.2, -0.15) is 0 Å². The molecule has 4 rings (SSSR count). The van der Waals surface area contributed by atoms with Crippen LogP contribution in [0.25, 0.3) is 0 Å². The van der Waals surface area contributed by atoms with Gasteiger partial charge in [0, 0.05) is 4.47 Å². The van der Waals surface area contributed by atoms with Gasteiger partial charge in [-0.1, -0.05) is 40.2 Å². The van der Waals surface area contributed by atoms with E-state index in [1.807, 2.05) is 36.4 Å². The zero-order chi connectivity index (χ0) is 19.7. The summed E-state index contributed by atoms with van der Waals surface area (Å²) in [7, 11) is 0. The first-order valence-electron chi connectivity index (χ1n) is 9.09. The molecule has 0 aromatic heterocycles.